The molecule has 0 N–H and O–H groups in total. The Balaban J connectivity index is 1.84. The number of carbonyl (C=O) groups excluding carboxylic acids is 1. The fraction of sp³-hybridized carbons (Fsp3) is 0.938. The van der Waals surface area contributed by atoms with Crippen molar-refractivity contribution in [3.05, 3.63) is 0 Å². The van der Waals surface area contributed by atoms with Crippen LogP contribution in [0.1, 0.15) is 46.0 Å². The summed E-state index contributed by atoms with van der Waals surface area (Å²) in [5.74, 6) is 0.755. The molecule has 2 rings (SSSR count). The van der Waals surface area contributed by atoms with Crippen LogP contribution >= 0.6 is 0 Å². The van der Waals surface area contributed by atoms with Crippen LogP contribution in [0.25, 0.3) is 0 Å². The van der Waals surface area contributed by atoms with E-state index in [1.165, 1.54) is 25.8 Å². The summed E-state index contributed by atoms with van der Waals surface area (Å²) >= 11 is 0. The van der Waals surface area contributed by atoms with Crippen molar-refractivity contribution in [3.63, 3.8) is 0 Å². The van der Waals surface area contributed by atoms with Gasteiger partial charge in [0.25, 0.3) is 0 Å². The molecule has 1 heterocycles. The topological polar surface area (TPSA) is 23.6 Å². The van der Waals surface area contributed by atoms with E-state index in [0.717, 1.165) is 25.9 Å². The molecular formula is C16H30N2O. The van der Waals surface area contributed by atoms with E-state index in [4.69, 9.17) is 0 Å². The van der Waals surface area contributed by atoms with Gasteiger partial charge < -0.3 is 9.80 Å². The quantitative estimate of drug-likeness (QED) is 0.781. The maximum Gasteiger partial charge on any atom is 0.142 e. The molecule has 1 saturated heterocycles. The van der Waals surface area contributed by atoms with Gasteiger partial charge in [0.15, 0.2) is 0 Å². The monoisotopic (exact) mass is 266 g/mol. The van der Waals surface area contributed by atoms with Gasteiger partial charge in [0.05, 0.1) is 0 Å². The van der Waals surface area contributed by atoms with E-state index in [1.807, 2.05) is 0 Å². The lowest BCUT2D eigenvalue weighted by Gasteiger charge is -2.36. The second kappa shape index (κ2) is 5.92. The van der Waals surface area contributed by atoms with E-state index in [-0.39, 0.29) is 11.3 Å². The second-order valence-corrected chi connectivity index (χ2v) is 7.34. The Morgan fingerprint density at radius 3 is 2.63 bits per heavy atom. The number of rotatable bonds is 4. The molecule has 0 radical (unpaired) electrons. The highest BCUT2D eigenvalue weighted by atomic mass is 16.1. The number of Topliss-reactive ketones (excluding diaryl/α,β-unsaturated/α-hetero) is 1. The van der Waals surface area contributed by atoms with Crippen molar-refractivity contribution >= 4 is 5.78 Å². The van der Waals surface area contributed by atoms with Gasteiger partial charge in [-0.15, -0.1) is 0 Å². The summed E-state index contributed by atoms with van der Waals surface area (Å²) in [6.07, 6.45) is 6.00. The average molecular weight is 266 g/mol. The van der Waals surface area contributed by atoms with Crippen LogP contribution in [0.5, 0.6) is 0 Å². The Hall–Kier alpha value is -0.410. The van der Waals surface area contributed by atoms with Crippen LogP contribution in [0, 0.1) is 11.3 Å². The number of carbonyl (C=O) groups is 1. The van der Waals surface area contributed by atoms with Gasteiger partial charge in [0.2, 0.25) is 0 Å². The lowest BCUT2D eigenvalue weighted by Crippen LogP contribution is -2.43. The summed E-state index contributed by atoms with van der Waals surface area (Å²) in [6, 6.07) is 0.691. The second-order valence-electron chi connectivity index (χ2n) is 7.34. The van der Waals surface area contributed by atoms with Gasteiger partial charge in [0, 0.05) is 30.5 Å². The lowest BCUT2D eigenvalue weighted by atomic mass is 9.71. The summed E-state index contributed by atoms with van der Waals surface area (Å²) < 4.78 is 0. The molecule has 19 heavy (non-hydrogen) atoms. The van der Waals surface area contributed by atoms with Crippen LogP contribution in [-0.2, 0) is 4.79 Å². The number of likely N-dealkylation sites (tertiary alicyclic amines) is 1. The first-order valence-electron chi connectivity index (χ1n) is 7.83. The van der Waals surface area contributed by atoms with Crippen LogP contribution in [0.15, 0.2) is 0 Å². The summed E-state index contributed by atoms with van der Waals surface area (Å²) in [5, 5.41) is 0. The van der Waals surface area contributed by atoms with E-state index >= 15 is 0 Å². The maximum absolute atomic E-state index is 12.4. The van der Waals surface area contributed by atoms with Gasteiger partial charge >= 0.3 is 0 Å². The third-order valence-corrected chi connectivity index (χ3v) is 5.12. The van der Waals surface area contributed by atoms with Crippen LogP contribution in [0.3, 0.4) is 0 Å². The van der Waals surface area contributed by atoms with Gasteiger partial charge in [-0.05, 0) is 46.3 Å². The van der Waals surface area contributed by atoms with E-state index in [1.54, 1.807) is 0 Å². The molecule has 2 unspecified atom stereocenters. The smallest absolute Gasteiger partial charge is 0.142 e. The minimum atomic E-state index is -0.0894. The van der Waals surface area contributed by atoms with Gasteiger partial charge in [-0.25, -0.2) is 0 Å². The largest absolute Gasteiger partial charge is 0.304 e. The van der Waals surface area contributed by atoms with E-state index in [2.05, 4.69) is 37.7 Å². The zero-order valence-electron chi connectivity index (χ0n) is 13.1. The molecule has 1 aliphatic heterocycles. The Kier molecular flexibility index (Phi) is 4.67. The molecule has 2 aliphatic rings. The Bertz CT molecular complexity index is 327. The lowest BCUT2D eigenvalue weighted by molar-refractivity contribution is -0.134. The van der Waals surface area contributed by atoms with Crippen LogP contribution in [0.2, 0.25) is 0 Å². The molecule has 2 fully saturated rings. The standard InChI is InChI=1S/C16H30N2O/c1-16(2)9-5-7-13(15(16)19)11-17(3)12-14-8-6-10-18(14)4/h13-14H,5-12H2,1-4H3. The van der Waals surface area contributed by atoms with Crippen LogP contribution in [0.4, 0.5) is 0 Å². The van der Waals surface area contributed by atoms with Gasteiger partial charge in [-0.3, -0.25) is 4.79 Å². The van der Waals surface area contributed by atoms with E-state index in [9.17, 15) is 4.79 Å². The van der Waals surface area contributed by atoms with Gasteiger partial charge in [-0.1, -0.05) is 20.3 Å². The highest BCUT2D eigenvalue weighted by Gasteiger charge is 2.37. The number of hydrogen-bond acceptors (Lipinski definition) is 3. The first-order valence-corrected chi connectivity index (χ1v) is 7.83. The summed E-state index contributed by atoms with van der Waals surface area (Å²) in [7, 11) is 4.40. The molecule has 110 valence electrons. The third-order valence-electron chi connectivity index (χ3n) is 5.12. The fourth-order valence-corrected chi connectivity index (χ4v) is 3.79. The van der Waals surface area contributed by atoms with E-state index < -0.39 is 0 Å². The molecule has 0 aromatic heterocycles. The van der Waals surface area contributed by atoms with Crippen LogP contribution < -0.4 is 0 Å². The molecule has 3 heteroatoms. The Morgan fingerprint density at radius 1 is 1.26 bits per heavy atom. The number of likely N-dealkylation sites (N-methyl/N-ethyl adjacent to an activating group) is 2. The third kappa shape index (κ3) is 3.57. The van der Waals surface area contributed by atoms with Crippen molar-refractivity contribution in [2.75, 3.05) is 33.7 Å². The van der Waals surface area contributed by atoms with Crippen LogP contribution in [-0.4, -0.2) is 55.4 Å². The summed E-state index contributed by atoms with van der Waals surface area (Å²) in [5.41, 5.74) is -0.0894. The molecular weight excluding hydrogens is 236 g/mol. The van der Waals surface area contributed by atoms with Crippen molar-refractivity contribution in [2.24, 2.45) is 11.3 Å². The first-order chi connectivity index (χ1) is 8.90. The average Bonchev–Trinajstić information content (AvgIpc) is 2.71. The Labute approximate surface area is 118 Å². The van der Waals surface area contributed by atoms with Crippen molar-refractivity contribution in [1.82, 2.24) is 9.80 Å². The van der Waals surface area contributed by atoms with Crippen molar-refractivity contribution in [3.8, 4) is 0 Å². The minimum absolute atomic E-state index is 0.0894. The van der Waals surface area contributed by atoms with Gasteiger partial charge in [0.1, 0.15) is 5.78 Å². The van der Waals surface area contributed by atoms with Gasteiger partial charge in [-0.2, -0.15) is 0 Å². The molecule has 0 bridgehead atoms. The maximum atomic E-state index is 12.4. The first kappa shape index (κ1) is 15.0. The van der Waals surface area contributed by atoms with E-state index in [0.29, 0.717) is 11.8 Å². The zero-order chi connectivity index (χ0) is 14.0. The van der Waals surface area contributed by atoms with Crippen molar-refractivity contribution in [2.45, 2.75) is 52.0 Å². The predicted molar refractivity (Wildman–Crippen MR) is 79.3 cm³/mol. The number of hydrogen-bond donors (Lipinski definition) is 0. The fourth-order valence-electron chi connectivity index (χ4n) is 3.79. The minimum Gasteiger partial charge on any atom is -0.304 e. The molecule has 0 aromatic carbocycles. The zero-order valence-corrected chi connectivity index (χ0v) is 13.1. The molecule has 1 saturated carbocycles. The van der Waals surface area contributed by atoms with Crippen molar-refractivity contribution < 1.29 is 4.79 Å². The highest BCUT2D eigenvalue weighted by Crippen LogP contribution is 2.35. The molecule has 1 aliphatic carbocycles. The molecule has 0 amide bonds. The summed E-state index contributed by atoms with van der Waals surface area (Å²) in [4.78, 5) is 17.3. The molecule has 0 aromatic rings. The molecule has 2 atom stereocenters. The normalized spacial score (nSPS) is 32.2. The number of nitrogens with zero attached hydrogens (tertiary/aromatic N) is 2. The highest BCUT2D eigenvalue weighted by molar-refractivity contribution is 5.87. The summed E-state index contributed by atoms with van der Waals surface area (Å²) in [6.45, 7) is 7.53. The molecule has 0 spiro atoms. The predicted octanol–water partition coefficient (Wildman–Crippen LogP) is 2.41. The Morgan fingerprint density at radius 2 is 2.00 bits per heavy atom. The molecule has 3 nitrogen and oxygen atoms in total. The van der Waals surface area contributed by atoms with Crippen molar-refractivity contribution in [1.29, 1.82) is 0 Å². The number of ketones is 1. The SMILES string of the molecule is CN(CC1CCCC(C)(C)C1=O)CC1CCCN1C.